The predicted molar refractivity (Wildman–Crippen MR) is 84.4 cm³/mol. The fourth-order valence-corrected chi connectivity index (χ4v) is 2.70. The van der Waals surface area contributed by atoms with E-state index in [9.17, 15) is 9.18 Å². The van der Waals surface area contributed by atoms with E-state index in [4.69, 9.17) is 22.1 Å². The number of carbonyl (C=O) groups excluding carboxylic acids is 1. The van der Waals surface area contributed by atoms with Crippen molar-refractivity contribution in [1.29, 1.82) is 0 Å². The Morgan fingerprint density at radius 2 is 1.91 bits per heavy atom. The lowest BCUT2D eigenvalue weighted by Crippen LogP contribution is -2.29. The van der Waals surface area contributed by atoms with Gasteiger partial charge in [-0.2, -0.15) is 0 Å². The number of benzene rings is 2. The van der Waals surface area contributed by atoms with Crippen LogP contribution in [0.15, 0.2) is 48.5 Å². The Kier molecular flexibility index (Phi) is 5.52. The van der Waals surface area contributed by atoms with Gasteiger partial charge in [-0.25, -0.2) is 4.39 Å². The van der Waals surface area contributed by atoms with Crippen molar-refractivity contribution in [3.05, 3.63) is 70.5 Å². The maximum absolute atomic E-state index is 13.5. The predicted octanol–water partition coefficient (Wildman–Crippen LogP) is 3.48. The number of ether oxygens (including phenoxy) is 1. The average Bonchev–Trinajstić information content (AvgIpc) is 2.47. The lowest BCUT2D eigenvalue weighted by atomic mass is 9.81. The summed E-state index contributed by atoms with van der Waals surface area (Å²) in [6.45, 7) is 0.283. The van der Waals surface area contributed by atoms with Gasteiger partial charge in [-0.05, 0) is 35.4 Å². The van der Waals surface area contributed by atoms with E-state index < -0.39 is 17.6 Å². The van der Waals surface area contributed by atoms with E-state index in [2.05, 4.69) is 0 Å². The molecule has 0 saturated carbocycles. The second-order valence-corrected chi connectivity index (χ2v) is 5.48. The summed E-state index contributed by atoms with van der Waals surface area (Å²) in [6, 6.07) is 13.0. The van der Waals surface area contributed by atoms with Crippen LogP contribution in [0.2, 0.25) is 5.02 Å². The maximum Gasteiger partial charge on any atom is 0.225 e. The number of carbonyl (C=O) groups is 1. The van der Waals surface area contributed by atoms with Crippen LogP contribution in [0.25, 0.3) is 0 Å². The molecule has 0 aromatic heterocycles. The zero-order valence-corrected chi connectivity index (χ0v) is 12.9. The Morgan fingerprint density at radius 1 is 1.23 bits per heavy atom. The molecule has 0 fully saturated rings. The van der Waals surface area contributed by atoms with Gasteiger partial charge in [-0.1, -0.05) is 35.9 Å². The number of nitrogens with two attached hydrogens (primary N) is 1. The molecule has 116 valence electrons. The number of rotatable bonds is 6. The molecule has 2 rings (SSSR count). The van der Waals surface area contributed by atoms with Gasteiger partial charge in [0.1, 0.15) is 5.82 Å². The van der Waals surface area contributed by atoms with Crippen LogP contribution in [0.5, 0.6) is 0 Å². The zero-order chi connectivity index (χ0) is 16.1. The summed E-state index contributed by atoms with van der Waals surface area (Å²) >= 11 is 5.90. The molecule has 0 aliphatic carbocycles. The van der Waals surface area contributed by atoms with Gasteiger partial charge < -0.3 is 10.5 Å². The Hall–Kier alpha value is -1.91. The van der Waals surface area contributed by atoms with Crippen LogP contribution >= 0.6 is 11.6 Å². The van der Waals surface area contributed by atoms with E-state index >= 15 is 0 Å². The molecule has 0 aliphatic heterocycles. The molecule has 0 heterocycles. The molecular formula is C17H17ClFNO2. The van der Waals surface area contributed by atoms with Crippen molar-refractivity contribution < 1.29 is 13.9 Å². The van der Waals surface area contributed by atoms with Crippen molar-refractivity contribution in [2.75, 3.05) is 13.7 Å². The molecule has 0 saturated heterocycles. The second-order valence-electron chi connectivity index (χ2n) is 5.05. The standard InChI is InChI=1S/C17H17ClFNO2/c1-22-10-15(11-5-7-13(18)8-6-11)16(17(20)21)12-3-2-4-14(19)9-12/h2-9,15-16H,10H2,1H3,(H2,20,21). The van der Waals surface area contributed by atoms with E-state index in [1.54, 1.807) is 31.4 Å². The van der Waals surface area contributed by atoms with Crippen LogP contribution < -0.4 is 5.73 Å². The van der Waals surface area contributed by atoms with Gasteiger partial charge in [0.05, 0.1) is 12.5 Å². The summed E-state index contributed by atoms with van der Waals surface area (Å²) in [5, 5.41) is 0.598. The number of hydrogen-bond donors (Lipinski definition) is 1. The van der Waals surface area contributed by atoms with E-state index in [1.165, 1.54) is 12.1 Å². The summed E-state index contributed by atoms with van der Waals surface area (Å²) in [6.07, 6.45) is 0. The summed E-state index contributed by atoms with van der Waals surface area (Å²) in [5.74, 6) is -1.93. The van der Waals surface area contributed by atoms with Gasteiger partial charge in [0.25, 0.3) is 0 Å². The molecule has 2 N–H and O–H groups in total. The fourth-order valence-electron chi connectivity index (χ4n) is 2.57. The summed E-state index contributed by atoms with van der Waals surface area (Å²) in [7, 11) is 1.55. The van der Waals surface area contributed by atoms with E-state index in [-0.39, 0.29) is 12.5 Å². The second kappa shape index (κ2) is 7.38. The van der Waals surface area contributed by atoms with Crippen molar-refractivity contribution in [3.63, 3.8) is 0 Å². The van der Waals surface area contributed by atoms with Gasteiger partial charge in [0.2, 0.25) is 5.91 Å². The highest BCUT2D eigenvalue weighted by Gasteiger charge is 2.30. The first-order chi connectivity index (χ1) is 10.5. The number of methoxy groups -OCH3 is 1. The van der Waals surface area contributed by atoms with Crippen molar-refractivity contribution >= 4 is 17.5 Å². The van der Waals surface area contributed by atoms with E-state index in [0.29, 0.717) is 10.6 Å². The molecule has 0 aliphatic rings. The van der Waals surface area contributed by atoms with Crippen LogP contribution in [-0.4, -0.2) is 19.6 Å². The lowest BCUT2D eigenvalue weighted by Gasteiger charge is -2.25. The first-order valence-corrected chi connectivity index (χ1v) is 7.20. The minimum atomic E-state index is -0.683. The normalized spacial score (nSPS) is 13.6. The molecule has 0 radical (unpaired) electrons. The molecule has 2 unspecified atom stereocenters. The minimum Gasteiger partial charge on any atom is -0.384 e. The molecular weight excluding hydrogens is 305 g/mol. The van der Waals surface area contributed by atoms with Crippen molar-refractivity contribution in [1.82, 2.24) is 0 Å². The van der Waals surface area contributed by atoms with Crippen molar-refractivity contribution in [2.24, 2.45) is 5.73 Å². The first-order valence-electron chi connectivity index (χ1n) is 6.82. The Labute approximate surface area is 133 Å². The summed E-state index contributed by atoms with van der Waals surface area (Å²) < 4.78 is 18.7. The van der Waals surface area contributed by atoms with Crippen molar-refractivity contribution in [2.45, 2.75) is 11.8 Å². The Bertz CT molecular complexity index is 645. The number of amides is 1. The molecule has 22 heavy (non-hydrogen) atoms. The summed E-state index contributed by atoms with van der Waals surface area (Å²) in [4.78, 5) is 12.0. The lowest BCUT2D eigenvalue weighted by molar-refractivity contribution is -0.120. The number of halogens is 2. The molecule has 2 aromatic carbocycles. The molecule has 0 spiro atoms. The minimum absolute atomic E-state index is 0.283. The quantitative estimate of drug-likeness (QED) is 0.885. The SMILES string of the molecule is COCC(c1ccc(Cl)cc1)C(C(N)=O)c1cccc(F)c1. The molecule has 5 heteroatoms. The highest BCUT2D eigenvalue weighted by molar-refractivity contribution is 6.30. The van der Waals surface area contributed by atoms with E-state index in [0.717, 1.165) is 5.56 Å². The van der Waals surface area contributed by atoms with E-state index in [1.807, 2.05) is 12.1 Å². The number of primary amides is 1. The zero-order valence-electron chi connectivity index (χ0n) is 12.1. The summed E-state index contributed by atoms with van der Waals surface area (Å²) in [5.41, 5.74) is 6.97. The molecule has 3 nitrogen and oxygen atoms in total. The molecule has 1 amide bonds. The Balaban J connectivity index is 2.45. The highest BCUT2D eigenvalue weighted by atomic mass is 35.5. The average molecular weight is 322 g/mol. The van der Waals surface area contributed by atoms with Crippen LogP contribution in [0, 0.1) is 5.82 Å². The van der Waals surface area contributed by atoms with Gasteiger partial charge in [-0.15, -0.1) is 0 Å². The Morgan fingerprint density at radius 3 is 2.45 bits per heavy atom. The third kappa shape index (κ3) is 3.84. The van der Waals surface area contributed by atoms with Crippen LogP contribution in [-0.2, 0) is 9.53 Å². The number of hydrogen-bond acceptors (Lipinski definition) is 2. The van der Waals surface area contributed by atoms with Crippen LogP contribution in [0.3, 0.4) is 0 Å². The van der Waals surface area contributed by atoms with Crippen LogP contribution in [0.4, 0.5) is 4.39 Å². The van der Waals surface area contributed by atoms with Crippen molar-refractivity contribution in [3.8, 4) is 0 Å². The van der Waals surface area contributed by atoms with Gasteiger partial charge in [0.15, 0.2) is 0 Å². The van der Waals surface area contributed by atoms with Crippen LogP contribution in [0.1, 0.15) is 23.0 Å². The molecule has 2 aromatic rings. The third-order valence-corrected chi connectivity index (χ3v) is 3.81. The fraction of sp³-hybridized carbons (Fsp3) is 0.235. The third-order valence-electron chi connectivity index (χ3n) is 3.56. The van der Waals surface area contributed by atoms with Gasteiger partial charge in [-0.3, -0.25) is 4.79 Å². The smallest absolute Gasteiger partial charge is 0.225 e. The topological polar surface area (TPSA) is 52.3 Å². The monoisotopic (exact) mass is 321 g/mol. The first kappa shape index (κ1) is 16.5. The molecule has 0 bridgehead atoms. The van der Waals surface area contributed by atoms with Gasteiger partial charge >= 0.3 is 0 Å². The highest BCUT2D eigenvalue weighted by Crippen LogP contribution is 2.34. The molecule has 2 atom stereocenters. The maximum atomic E-state index is 13.5. The largest absolute Gasteiger partial charge is 0.384 e. The van der Waals surface area contributed by atoms with Gasteiger partial charge in [0, 0.05) is 18.1 Å².